The summed E-state index contributed by atoms with van der Waals surface area (Å²) in [5.74, 6) is -0.531. The van der Waals surface area contributed by atoms with E-state index in [1.165, 1.54) is 13.3 Å². The highest BCUT2D eigenvalue weighted by Crippen LogP contribution is 1.89. The van der Waals surface area contributed by atoms with Gasteiger partial charge in [0.25, 0.3) is 0 Å². The van der Waals surface area contributed by atoms with Gasteiger partial charge in [-0.2, -0.15) is 0 Å². The number of methoxy groups -OCH3 is 1. The lowest BCUT2D eigenvalue weighted by Gasteiger charge is -2.04. The molecule has 2 amide bonds. The Bertz CT molecular complexity index is 227. The molecule has 1 aliphatic heterocycles. The van der Waals surface area contributed by atoms with Crippen molar-refractivity contribution in [1.82, 2.24) is 21.5 Å². The van der Waals surface area contributed by atoms with Crippen LogP contribution in [0.15, 0.2) is 12.3 Å². The lowest BCUT2D eigenvalue weighted by molar-refractivity contribution is -0.134. The van der Waals surface area contributed by atoms with E-state index in [1.54, 1.807) is 0 Å². The van der Waals surface area contributed by atoms with Crippen molar-refractivity contribution in [2.45, 2.75) is 0 Å². The van der Waals surface area contributed by atoms with Crippen molar-refractivity contribution < 1.29 is 14.3 Å². The highest BCUT2D eigenvalue weighted by molar-refractivity contribution is 5.83. The van der Waals surface area contributed by atoms with Gasteiger partial charge in [0.05, 0.1) is 7.11 Å². The number of rotatable bonds is 2. The molecule has 0 aromatic carbocycles. The van der Waals surface area contributed by atoms with Gasteiger partial charge in [-0.3, -0.25) is 5.43 Å². The van der Waals surface area contributed by atoms with Crippen LogP contribution in [0.3, 0.4) is 0 Å². The fourth-order valence-electron chi connectivity index (χ4n) is 0.561. The number of hydrogen-bond donors (Lipinski definition) is 3. The molecular weight excluding hydrogens is 164 g/mol. The fourth-order valence-corrected chi connectivity index (χ4v) is 0.561. The molecule has 1 fully saturated rings. The van der Waals surface area contributed by atoms with E-state index in [9.17, 15) is 9.59 Å². The minimum Gasteiger partial charge on any atom is -0.466 e. The molecule has 0 unspecified atom stereocenters. The summed E-state index contributed by atoms with van der Waals surface area (Å²) in [4.78, 5) is 21.3. The Labute approximate surface area is 68.3 Å². The predicted molar refractivity (Wildman–Crippen MR) is 37.8 cm³/mol. The standard InChI is InChI=1S/C5H8N4O3/c1-12-4(10)2-3-9-5(11)6-7-8-9/h2-3,7-8H,1H3,(H,6,11)/b3-2+. The summed E-state index contributed by atoms with van der Waals surface area (Å²) in [6.45, 7) is 0. The van der Waals surface area contributed by atoms with Crippen LogP contribution in [-0.2, 0) is 9.53 Å². The fraction of sp³-hybridized carbons (Fsp3) is 0.200. The third-order valence-corrected chi connectivity index (χ3v) is 1.13. The summed E-state index contributed by atoms with van der Waals surface area (Å²) >= 11 is 0. The van der Waals surface area contributed by atoms with Gasteiger partial charge in [0, 0.05) is 12.3 Å². The number of carbonyl (C=O) groups is 2. The van der Waals surface area contributed by atoms with Gasteiger partial charge < -0.3 is 4.74 Å². The van der Waals surface area contributed by atoms with Gasteiger partial charge in [0.15, 0.2) is 0 Å². The molecule has 0 bridgehead atoms. The van der Waals surface area contributed by atoms with Crippen molar-refractivity contribution in [2.75, 3.05) is 7.11 Å². The van der Waals surface area contributed by atoms with Crippen molar-refractivity contribution in [1.29, 1.82) is 0 Å². The molecule has 0 spiro atoms. The van der Waals surface area contributed by atoms with Crippen LogP contribution >= 0.6 is 0 Å². The summed E-state index contributed by atoms with van der Waals surface area (Å²) in [5, 5.41) is 1.05. The van der Waals surface area contributed by atoms with E-state index >= 15 is 0 Å². The molecule has 7 heteroatoms. The maximum Gasteiger partial charge on any atom is 0.352 e. The molecule has 0 radical (unpaired) electrons. The summed E-state index contributed by atoms with van der Waals surface area (Å²) in [6, 6.07) is -0.407. The van der Waals surface area contributed by atoms with Crippen molar-refractivity contribution >= 4 is 12.0 Å². The normalized spacial score (nSPS) is 16.8. The van der Waals surface area contributed by atoms with Gasteiger partial charge in [-0.15, -0.1) is 11.1 Å². The first-order valence-electron chi connectivity index (χ1n) is 3.10. The SMILES string of the molecule is COC(=O)/C=C/N1NNNC1=O. The zero-order chi connectivity index (χ0) is 8.97. The van der Waals surface area contributed by atoms with Crippen LogP contribution in [0.1, 0.15) is 0 Å². The van der Waals surface area contributed by atoms with Crippen molar-refractivity contribution in [3.63, 3.8) is 0 Å². The van der Waals surface area contributed by atoms with E-state index in [0.717, 1.165) is 11.1 Å². The predicted octanol–water partition coefficient (Wildman–Crippen LogP) is -1.38. The Kier molecular flexibility index (Phi) is 2.62. The molecule has 0 atom stereocenters. The Morgan fingerprint density at radius 1 is 1.67 bits per heavy atom. The number of amides is 2. The van der Waals surface area contributed by atoms with Gasteiger partial charge in [-0.1, -0.05) is 0 Å². The van der Waals surface area contributed by atoms with Crippen molar-refractivity contribution in [3.8, 4) is 0 Å². The number of nitrogens with zero attached hydrogens (tertiary/aromatic N) is 1. The van der Waals surface area contributed by atoms with Gasteiger partial charge in [0.2, 0.25) is 0 Å². The summed E-state index contributed by atoms with van der Waals surface area (Å²) in [6.07, 6.45) is 2.35. The molecular formula is C5H8N4O3. The average molecular weight is 172 g/mol. The number of esters is 1. The van der Waals surface area contributed by atoms with E-state index in [0.29, 0.717) is 0 Å². The number of hydrazine groups is 3. The molecule has 1 rings (SSSR count). The first kappa shape index (κ1) is 8.50. The Morgan fingerprint density at radius 3 is 2.92 bits per heavy atom. The number of nitrogens with one attached hydrogen (secondary N) is 3. The van der Waals surface area contributed by atoms with Crippen LogP contribution < -0.4 is 16.5 Å². The molecule has 0 aliphatic carbocycles. The third kappa shape index (κ3) is 1.94. The van der Waals surface area contributed by atoms with Crippen molar-refractivity contribution in [3.05, 3.63) is 12.3 Å². The van der Waals surface area contributed by atoms with Crippen LogP contribution in [0, 0.1) is 0 Å². The maximum atomic E-state index is 10.8. The van der Waals surface area contributed by atoms with Gasteiger partial charge in [-0.25, -0.2) is 14.6 Å². The lowest BCUT2D eigenvalue weighted by atomic mass is 10.6. The van der Waals surface area contributed by atoms with Gasteiger partial charge >= 0.3 is 12.0 Å². The van der Waals surface area contributed by atoms with Crippen LogP contribution in [0.25, 0.3) is 0 Å². The molecule has 12 heavy (non-hydrogen) atoms. The van der Waals surface area contributed by atoms with E-state index in [-0.39, 0.29) is 0 Å². The lowest BCUT2D eigenvalue weighted by Crippen LogP contribution is -2.34. The molecule has 7 nitrogen and oxygen atoms in total. The van der Waals surface area contributed by atoms with E-state index < -0.39 is 12.0 Å². The highest BCUT2D eigenvalue weighted by Gasteiger charge is 2.15. The summed E-state index contributed by atoms with van der Waals surface area (Å²) in [5.41, 5.74) is 6.98. The zero-order valence-corrected chi connectivity index (χ0v) is 6.33. The minimum absolute atomic E-state index is 0.407. The van der Waals surface area contributed by atoms with Crippen LogP contribution in [0.2, 0.25) is 0 Å². The van der Waals surface area contributed by atoms with Crippen molar-refractivity contribution in [2.24, 2.45) is 0 Å². The second kappa shape index (κ2) is 3.69. The first-order chi connectivity index (χ1) is 5.74. The number of ether oxygens (including phenoxy) is 1. The number of hydrogen-bond acceptors (Lipinski definition) is 5. The van der Waals surface area contributed by atoms with Gasteiger partial charge in [0.1, 0.15) is 0 Å². The van der Waals surface area contributed by atoms with Gasteiger partial charge in [-0.05, 0) is 0 Å². The largest absolute Gasteiger partial charge is 0.466 e. The smallest absolute Gasteiger partial charge is 0.352 e. The van der Waals surface area contributed by atoms with Crippen LogP contribution in [-0.4, -0.2) is 24.1 Å². The van der Waals surface area contributed by atoms with E-state index in [4.69, 9.17) is 0 Å². The molecule has 0 aromatic rings. The molecule has 66 valence electrons. The highest BCUT2D eigenvalue weighted by atomic mass is 16.5. The molecule has 0 saturated carbocycles. The third-order valence-electron chi connectivity index (χ3n) is 1.13. The molecule has 1 heterocycles. The molecule has 1 aliphatic rings. The number of carbonyl (C=O) groups excluding carboxylic acids is 2. The Balaban J connectivity index is 2.44. The average Bonchev–Trinajstić information content (AvgIpc) is 2.47. The Hall–Kier alpha value is -1.60. The molecule has 0 aromatic heterocycles. The monoisotopic (exact) mass is 172 g/mol. The van der Waals surface area contributed by atoms with Crippen LogP contribution in [0.5, 0.6) is 0 Å². The summed E-state index contributed by atoms with van der Waals surface area (Å²) in [7, 11) is 1.25. The zero-order valence-electron chi connectivity index (χ0n) is 6.33. The molecule has 3 N–H and O–H groups in total. The Morgan fingerprint density at radius 2 is 2.42 bits per heavy atom. The summed E-state index contributed by atoms with van der Waals surface area (Å²) < 4.78 is 4.31. The minimum atomic E-state index is -0.531. The first-order valence-corrected chi connectivity index (χ1v) is 3.10. The molecule has 1 saturated heterocycles. The topological polar surface area (TPSA) is 82.7 Å². The van der Waals surface area contributed by atoms with E-state index in [1.807, 2.05) is 0 Å². The van der Waals surface area contributed by atoms with Crippen LogP contribution in [0.4, 0.5) is 4.79 Å². The number of urea groups is 1. The van der Waals surface area contributed by atoms with E-state index in [2.05, 4.69) is 21.2 Å². The second-order valence-electron chi connectivity index (χ2n) is 1.88. The maximum absolute atomic E-state index is 10.8. The quantitative estimate of drug-likeness (QED) is 0.353. The second-order valence-corrected chi connectivity index (χ2v) is 1.88.